The van der Waals surface area contributed by atoms with Gasteiger partial charge in [-0.05, 0) is 11.9 Å². The predicted octanol–water partition coefficient (Wildman–Crippen LogP) is -3.61. The minimum atomic E-state index is -2.87. The molecule has 1 heterocycles. The Bertz CT molecular complexity index is 566. The van der Waals surface area contributed by atoms with Crippen molar-refractivity contribution in [1.82, 2.24) is 13.9 Å². The second kappa shape index (κ2) is 8.11. The van der Waals surface area contributed by atoms with Crippen LogP contribution in [-0.4, -0.2) is 67.4 Å². The molecule has 0 aliphatic carbocycles. The number of hydrogen-bond donors (Lipinski definition) is 5. The summed E-state index contributed by atoms with van der Waals surface area (Å²) in [4.78, 5) is 37.2. The molecule has 0 atom stereocenters. The maximum absolute atomic E-state index is 11.3. The summed E-state index contributed by atoms with van der Waals surface area (Å²) in [7, 11) is 0. The average molecular weight is 325 g/mol. The Morgan fingerprint density at radius 1 is 1.00 bits per heavy atom. The van der Waals surface area contributed by atoms with Crippen molar-refractivity contribution in [2.75, 3.05) is 32.2 Å². The number of nitrogens with zero attached hydrogens (tertiary/aromatic N) is 1. The Labute approximate surface area is 121 Å². The van der Waals surface area contributed by atoms with E-state index in [1.54, 1.807) is 0 Å². The van der Waals surface area contributed by atoms with Crippen LogP contribution in [0.2, 0.25) is 0 Å². The van der Waals surface area contributed by atoms with Crippen molar-refractivity contribution < 1.29 is 24.8 Å². The Morgan fingerprint density at radius 3 is 2.14 bits per heavy atom. The van der Waals surface area contributed by atoms with E-state index in [1.165, 1.54) is 0 Å². The van der Waals surface area contributed by atoms with Crippen LogP contribution in [0.1, 0.15) is 0 Å². The highest BCUT2D eigenvalue weighted by molar-refractivity contribution is 7.97. The normalized spacial score (nSPS) is 11.8. The van der Waals surface area contributed by atoms with Gasteiger partial charge < -0.3 is 24.8 Å². The van der Waals surface area contributed by atoms with Crippen molar-refractivity contribution in [1.29, 1.82) is 0 Å². The fourth-order valence-electron chi connectivity index (χ4n) is 1.15. The van der Waals surface area contributed by atoms with Gasteiger partial charge in [0.15, 0.2) is 0 Å². The molecule has 0 bridgehead atoms. The van der Waals surface area contributed by atoms with E-state index in [4.69, 9.17) is 20.1 Å². The largest absolute Gasteiger partial charge is 0.378 e. The lowest BCUT2D eigenvalue weighted by Crippen LogP contribution is -2.40. The Kier molecular flexibility index (Phi) is 6.80. The molecule has 12 heteroatoms. The van der Waals surface area contributed by atoms with Crippen LogP contribution in [0.5, 0.6) is 0 Å². The van der Waals surface area contributed by atoms with E-state index in [0.717, 1.165) is 15.9 Å². The van der Waals surface area contributed by atoms with Gasteiger partial charge in [0.05, 0.1) is 19.8 Å². The van der Waals surface area contributed by atoms with Crippen molar-refractivity contribution in [3.05, 3.63) is 31.5 Å². The fraction of sp³-hybridized carbons (Fsp3) is 0.667. The zero-order valence-corrected chi connectivity index (χ0v) is 11.6. The Balaban J connectivity index is 2.20. The van der Waals surface area contributed by atoms with Crippen LogP contribution in [0.3, 0.4) is 0 Å². The summed E-state index contributed by atoms with van der Waals surface area (Å²) < 4.78 is 10.5. The van der Waals surface area contributed by atoms with Gasteiger partial charge in [-0.3, -0.25) is 9.97 Å². The summed E-state index contributed by atoms with van der Waals surface area (Å²) in [5.41, 5.74) is -2.53. The van der Waals surface area contributed by atoms with E-state index < -0.39 is 29.6 Å². The molecule has 0 aliphatic heterocycles. The molecule has 0 spiro atoms. The molecule has 0 fully saturated rings. The van der Waals surface area contributed by atoms with Gasteiger partial charge in [-0.15, -0.1) is 0 Å². The molecule has 0 amide bonds. The number of ether oxygens (including phenoxy) is 2. The quantitative estimate of drug-likeness (QED) is 0.227. The van der Waals surface area contributed by atoms with Gasteiger partial charge in [-0.2, -0.15) is 3.97 Å². The first-order valence-corrected chi connectivity index (χ1v) is 6.65. The molecule has 0 unspecified atom stereocenters. The number of aromatic nitrogens is 3. The van der Waals surface area contributed by atoms with Crippen LogP contribution in [0.25, 0.3) is 0 Å². The van der Waals surface area contributed by atoms with Gasteiger partial charge in [0, 0.05) is 5.75 Å². The number of aromatic amines is 2. The number of H-pyrrole nitrogens is 2. The maximum atomic E-state index is 11.3. The summed E-state index contributed by atoms with van der Waals surface area (Å²) in [6.45, 7) is -0.352. The fourth-order valence-corrected chi connectivity index (χ4v) is 1.85. The van der Waals surface area contributed by atoms with E-state index in [9.17, 15) is 14.4 Å². The molecule has 0 saturated heterocycles. The van der Waals surface area contributed by atoms with Gasteiger partial charge in [-0.1, -0.05) is 0 Å². The van der Waals surface area contributed by atoms with Crippen LogP contribution in [-0.2, 0) is 9.47 Å². The van der Waals surface area contributed by atoms with Crippen molar-refractivity contribution in [2.45, 2.75) is 5.97 Å². The van der Waals surface area contributed by atoms with Gasteiger partial charge >= 0.3 is 17.1 Å². The topological polar surface area (TPSA) is 167 Å². The summed E-state index contributed by atoms with van der Waals surface area (Å²) >= 11 is 0.855. The third-order valence-electron chi connectivity index (χ3n) is 1.93. The molecule has 0 saturated carbocycles. The van der Waals surface area contributed by atoms with Crippen molar-refractivity contribution in [3.63, 3.8) is 0 Å². The molecule has 1 aromatic heterocycles. The summed E-state index contributed by atoms with van der Waals surface area (Å²) in [6, 6.07) is 0. The molecular formula is C9H15N3O8S. The van der Waals surface area contributed by atoms with E-state index in [2.05, 4.69) is 4.74 Å². The highest BCUT2D eigenvalue weighted by Gasteiger charge is 2.17. The summed E-state index contributed by atoms with van der Waals surface area (Å²) in [5.74, 6) is -2.61. The minimum absolute atomic E-state index is 0.0211. The predicted molar refractivity (Wildman–Crippen MR) is 70.8 cm³/mol. The lowest BCUT2D eigenvalue weighted by molar-refractivity contribution is -0.332. The maximum Gasteiger partial charge on any atom is 0.344 e. The van der Waals surface area contributed by atoms with Crippen molar-refractivity contribution in [2.24, 2.45) is 0 Å². The smallest absolute Gasteiger partial charge is 0.344 e. The molecule has 0 radical (unpaired) electrons. The van der Waals surface area contributed by atoms with Gasteiger partial charge in [0.25, 0.3) is 5.97 Å². The van der Waals surface area contributed by atoms with Crippen LogP contribution >= 0.6 is 11.9 Å². The number of aliphatic hydroxyl groups is 3. The first-order valence-electron chi connectivity index (χ1n) is 5.71. The monoisotopic (exact) mass is 325 g/mol. The molecule has 0 aromatic carbocycles. The highest BCUT2D eigenvalue weighted by Crippen LogP contribution is 1.97. The molecule has 120 valence electrons. The third kappa shape index (κ3) is 7.22. The zero-order valence-electron chi connectivity index (χ0n) is 10.8. The van der Waals surface area contributed by atoms with Gasteiger partial charge in [0.2, 0.25) is 0 Å². The third-order valence-corrected chi connectivity index (χ3v) is 2.86. The summed E-state index contributed by atoms with van der Waals surface area (Å²) in [5, 5.41) is 25.5. The lowest BCUT2D eigenvalue weighted by Gasteiger charge is -2.13. The molecule has 1 aromatic rings. The molecular weight excluding hydrogens is 310 g/mol. The SMILES string of the molecule is O=c1[nH]c(=O)n(SCCOCCOCC(O)(O)O)c(=O)[nH]1. The lowest BCUT2D eigenvalue weighted by atomic mass is 10.6. The second-order valence-electron chi connectivity index (χ2n) is 3.76. The molecule has 5 N–H and O–H groups in total. The number of rotatable bonds is 9. The first kappa shape index (κ1) is 17.6. The standard InChI is InChI=1S/C9H15N3O8S/c13-6-10-7(14)12(8(15)11-6)21-4-3-19-1-2-20-5-9(16,17)18/h16-18H,1-5H2,(H2,10,11,13,14,15). The number of hydrogen-bond acceptors (Lipinski definition) is 9. The van der Waals surface area contributed by atoms with Crippen molar-refractivity contribution >= 4 is 11.9 Å². The van der Waals surface area contributed by atoms with E-state index in [0.29, 0.717) is 0 Å². The second-order valence-corrected chi connectivity index (χ2v) is 4.79. The van der Waals surface area contributed by atoms with Gasteiger partial charge in [0.1, 0.15) is 6.61 Å². The van der Waals surface area contributed by atoms with E-state index in [-0.39, 0.29) is 25.6 Å². The number of nitrogens with one attached hydrogen (secondary N) is 2. The zero-order chi connectivity index (χ0) is 15.9. The Hall–Kier alpha value is -1.44. The van der Waals surface area contributed by atoms with E-state index in [1.807, 2.05) is 9.97 Å². The minimum Gasteiger partial charge on any atom is -0.378 e. The molecule has 0 aliphatic rings. The molecule has 21 heavy (non-hydrogen) atoms. The van der Waals surface area contributed by atoms with Crippen LogP contribution < -0.4 is 17.1 Å². The van der Waals surface area contributed by atoms with Gasteiger partial charge in [-0.25, -0.2) is 14.4 Å². The average Bonchev–Trinajstić information content (AvgIpc) is 2.33. The van der Waals surface area contributed by atoms with E-state index >= 15 is 0 Å². The highest BCUT2D eigenvalue weighted by atomic mass is 32.2. The molecule has 1 rings (SSSR count). The first-order chi connectivity index (χ1) is 9.79. The van der Waals surface area contributed by atoms with Crippen LogP contribution in [0.15, 0.2) is 14.4 Å². The molecule has 11 nitrogen and oxygen atoms in total. The Morgan fingerprint density at radius 2 is 1.57 bits per heavy atom. The van der Waals surface area contributed by atoms with Crippen molar-refractivity contribution in [3.8, 4) is 0 Å². The van der Waals surface area contributed by atoms with Crippen LogP contribution in [0.4, 0.5) is 0 Å². The summed E-state index contributed by atoms with van der Waals surface area (Å²) in [6.07, 6.45) is 0. The van der Waals surface area contributed by atoms with Crippen LogP contribution in [0, 0.1) is 0 Å².